The molecule has 35 heavy (non-hydrogen) atoms. The minimum absolute atomic E-state index is 0.0174. The minimum atomic E-state index is -0.152. The first-order valence-corrected chi connectivity index (χ1v) is 13.3. The summed E-state index contributed by atoms with van der Waals surface area (Å²) in [5.41, 5.74) is 8.03. The Balaban J connectivity index is 1.57. The summed E-state index contributed by atoms with van der Waals surface area (Å²) < 4.78 is 3.63. The van der Waals surface area contributed by atoms with Crippen molar-refractivity contribution < 1.29 is 0 Å². The number of benzene rings is 3. The van der Waals surface area contributed by atoms with E-state index in [9.17, 15) is 4.79 Å². The molecule has 6 rings (SSSR count). The van der Waals surface area contributed by atoms with E-state index in [1.807, 2.05) is 24.7 Å². The van der Waals surface area contributed by atoms with Gasteiger partial charge in [0, 0.05) is 29.8 Å². The highest BCUT2D eigenvalue weighted by Crippen LogP contribution is 2.41. The number of aromatic nitrogens is 1. The predicted molar refractivity (Wildman–Crippen MR) is 148 cm³/mol. The molecule has 174 valence electrons. The van der Waals surface area contributed by atoms with Crippen molar-refractivity contribution in [3.63, 3.8) is 0 Å². The van der Waals surface area contributed by atoms with Crippen molar-refractivity contribution in [3.05, 3.63) is 125 Å². The van der Waals surface area contributed by atoms with Crippen molar-refractivity contribution in [2.45, 2.75) is 18.9 Å². The van der Waals surface area contributed by atoms with Crippen LogP contribution in [-0.2, 0) is 6.42 Å². The largest absolute Gasteiger partial charge is 0.378 e. The fourth-order valence-electron chi connectivity index (χ4n) is 4.99. The van der Waals surface area contributed by atoms with Gasteiger partial charge in [0.1, 0.15) is 0 Å². The van der Waals surface area contributed by atoms with E-state index < -0.39 is 0 Å². The van der Waals surface area contributed by atoms with Crippen molar-refractivity contribution >= 4 is 44.7 Å². The first kappa shape index (κ1) is 22.3. The van der Waals surface area contributed by atoms with Crippen LogP contribution in [0, 0.1) is 0 Å². The molecule has 1 aliphatic heterocycles. The molecule has 0 N–H and O–H groups in total. The Labute approximate surface area is 216 Å². The smallest absolute Gasteiger partial charge is 0.271 e. The van der Waals surface area contributed by atoms with Crippen LogP contribution in [-0.4, -0.2) is 18.7 Å². The summed E-state index contributed by atoms with van der Waals surface area (Å²) in [7, 11) is 4.05. The maximum absolute atomic E-state index is 13.8. The van der Waals surface area contributed by atoms with Gasteiger partial charge in [0.05, 0.1) is 16.3 Å². The molecule has 6 heteroatoms. The number of hydrogen-bond donors (Lipinski definition) is 0. The molecule has 1 atom stereocenters. The molecular formula is C29H24BrN3OS. The Kier molecular flexibility index (Phi) is 5.58. The maximum Gasteiger partial charge on any atom is 0.271 e. The maximum atomic E-state index is 13.8. The molecular weight excluding hydrogens is 518 g/mol. The fourth-order valence-corrected chi connectivity index (χ4v) is 6.25. The average Bonchev–Trinajstić information content (AvgIpc) is 3.18. The van der Waals surface area contributed by atoms with Gasteiger partial charge in [0.2, 0.25) is 0 Å². The lowest BCUT2D eigenvalue weighted by molar-refractivity contribution is 0.585. The Bertz CT molecular complexity index is 1640. The summed E-state index contributed by atoms with van der Waals surface area (Å²) >= 11 is 5.03. The number of allylic oxidation sites excluding steroid dienone is 1. The second kappa shape index (κ2) is 8.77. The number of nitrogens with zero attached hydrogens (tertiary/aromatic N) is 3. The molecule has 1 aliphatic carbocycles. The van der Waals surface area contributed by atoms with Crippen LogP contribution in [0.2, 0.25) is 0 Å². The highest BCUT2D eigenvalue weighted by molar-refractivity contribution is 9.10. The van der Waals surface area contributed by atoms with Gasteiger partial charge in [-0.3, -0.25) is 9.36 Å². The molecule has 0 radical (unpaired) electrons. The van der Waals surface area contributed by atoms with E-state index in [4.69, 9.17) is 4.99 Å². The molecule has 0 amide bonds. The van der Waals surface area contributed by atoms with E-state index in [-0.39, 0.29) is 11.6 Å². The third-order valence-electron chi connectivity index (χ3n) is 6.77. The number of fused-ring (bicyclic) bond motifs is 3. The van der Waals surface area contributed by atoms with Gasteiger partial charge in [0.15, 0.2) is 4.80 Å². The molecule has 4 aromatic rings. The zero-order valence-electron chi connectivity index (χ0n) is 19.5. The van der Waals surface area contributed by atoms with Crippen molar-refractivity contribution in [2.75, 3.05) is 19.0 Å². The van der Waals surface area contributed by atoms with Crippen LogP contribution in [0.1, 0.15) is 34.7 Å². The molecule has 0 saturated heterocycles. The van der Waals surface area contributed by atoms with Crippen LogP contribution >= 0.6 is 27.3 Å². The van der Waals surface area contributed by atoms with E-state index >= 15 is 0 Å². The molecule has 0 bridgehead atoms. The van der Waals surface area contributed by atoms with Gasteiger partial charge in [-0.2, -0.15) is 0 Å². The third-order valence-corrected chi connectivity index (χ3v) is 8.28. The molecule has 0 saturated carbocycles. The molecule has 4 nitrogen and oxygen atoms in total. The van der Waals surface area contributed by atoms with Gasteiger partial charge in [0.25, 0.3) is 5.56 Å². The van der Waals surface area contributed by atoms with Gasteiger partial charge < -0.3 is 4.90 Å². The van der Waals surface area contributed by atoms with Crippen LogP contribution in [0.4, 0.5) is 5.69 Å². The van der Waals surface area contributed by atoms with E-state index in [1.54, 1.807) is 0 Å². The average molecular weight is 543 g/mol. The van der Waals surface area contributed by atoms with Gasteiger partial charge >= 0.3 is 0 Å². The lowest BCUT2D eigenvalue weighted by Crippen LogP contribution is -2.38. The van der Waals surface area contributed by atoms with E-state index in [0.29, 0.717) is 4.53 Å². The van der Waals surface area contributed by atoms with Gasteiger partial charge in [-0.05, 0) is 65.4 Å². The summed E-state index contributed by atoms with van der Waals surface area (Å²) in [6, 6.07) is 25.0. The summed E-state index contributed by atoms with van der Waals surface area (Å²) in [6.45, 7) is 0. The first-order valence-electron chi connectivity index (χ1n) is 11.7. The molecule has 0 unspecified atom stereocenters. The number of hydrogen-bond acceptors (Lipinski definition) is 4. The molecule has 2 aliphatic rings. The minimum Gasteiger partial charge on any atom is -0.378 e. The standard InChI is InChI=1S/C29H24BrN3OS/c1-32(2)22-14-7-18(8-15-22)17-25-28(34)33-27(20-9-12-21(30)13-10-20)24-16-11-19-5-3-4-6-23(19)26(24)31-29(33)35-25/h3-10,12-15,17,27H,11,16H2,1-2H3/b25-17-/t27-/m1/s1. The van der Waals surface area contributed by atoms with Gasteiger partial charge in [-0.1, -0.05) is 75.8 Å². The van der Waals surface area contributed by atoms with Gasteiger partial charge in [-0.15, -0.1) is 0 Å². The highest BCUT2D eigenvalue weighted by atomic mass is 79.9. The summed E-state index contributed by atoms with van der Waals surface area (Å²) in [5.74, 6) is 0. The van der Waals surface area contributed by atoms with Crippen molar-refractivity contribution in [3.8, 4) is 0 Å². The van der Waals surface area contributed by atoms with E-state index in [1.165, 1.54) is 28.0 Å². The highest BCUT2D eigenvalue weighted by Gasteiger charge is 2.32. The fraction of sp³-hybridized carbons (Fsp3) is 0.172. The predicted octanol–water partition coefficient (Wildman–Crippen LogP) is 5.15. The summed E-state index contributed by atoms with van der Waals surface area (Å²) in [4.78, 5) is 21.7. The number of thiazole rings is 1. The first-order chi connectivity index (χ1) is 17.0. The topological polar surface area (TPSA) is 37.6 Å². The Morgan fingerprint density at radius 3 is 2.49 bits per heavy atom. The van der Waals surface area contributed by atoms with E-state index in [2.05, 4.69) is 93.6 Å². The molecule has 3 aromatic carbocycles. The Morgan fingerprint density at radius 1 is 1.00 bits per heavy atom. The Morgan fingerprint density at radius 2 is 1.74 bits per heavy atom. The number of rotatable bonds is 3. The normalized spacial score (nSPS) is 16.9. The van der Waals surface area contributed by atoms with Crippen LogP contribution in [0.3, 0.4) is 0 Å². The monoisotopic (exact) mass is 541 g/mol. The summed E-state index contributed by atoms with van der Waals surface area (Å²) in [6.07, 6.45) is 3.84. The Hall–Kier alpha value is -3.22. The zero-order valence-corrected chi connectivity index (χ0v) is 21.9. The van der Waals surface area contributed by atoms with Crippen molar-refractivity contribution in [2.24, 2.45) is 4.99 Å². The third kappa shape index (κ3) is 3.91. The molecule has 1 aromatic heterocycles. The number of halogens is 1. The molecule has 2 heterocycles. The van der Waals surface area contributed by atoms with E-state index in [0.717, 1.165) is 44.6 Å². The number of aryl methyl sites for hydroxylation is 1. The van der Waals surface area contributed by atoms with Gasteiger partial charge in [-0.25, -0.2) is 4.99 Å². The lowest BCUT2D eigenvalue weighted by Gasteiger charge is -2.30. The van der Waals surface area contributed by atoms with Crippen LogP contribution < -0.4 is 19.8 Å². The molecule has 0 spiro atoms. The molecule has 0 fully saturated rings. The second-order valence-corrected chi connectivity index (χ2v) is 11.1. The lowest BCUT2D eigenvalue weighted by atomic mass is 9.83. The van der Waals surface area contributed by atoms with Crippen molar-refractivity contribution in [1.82, 2.24) is 4.57 Å². The van der Waals surface area contributed by atoms with Crippen LogP contribution in [0.25, 0.3) is 11.8 Å². The van der Waals surface area contributed by atoms with Crippen LogP contribution in [0.15, 0.2) is 92.6 Å². The SMILES string of the molecule is CN(C)c1ccc(/C=c2\sc3n(c2=O)[C@H](c2ccc(Br)cc2)C2=C(N=3)c3ccccc3CC2)cc1. The zero-order chi connectivity index (χ0) is 24.1. The second-order valence-electron chi connectivity index (χ2n) is 9.15. The van der Waals surface area contributed by atoms with Crippen LogP contribution in [0.5, 0.6) is 0 Å². The summed E-state index contributed by atoms with van der Waals surface area (Å²) in [5, 5.41) is 0. The number of anilines is 1. The quantitative estimate of drug-likeness (QED) is 0.359. The van der Waals surface area contributed by atoms with Crippen molar-refractivity contribution in [1.29, 1.82) is 0 Å².